The molecule has 2 aliphatic rings. The molecule has 0 aromatic rings. The maximum atomic E-state index is 13.0. The van der Waals surface area contributed by atoms with Crippen LogP contribution >= 0.6 is 0 Å². The zero-order valence-electron chi connectivity index (χ0n) is 13.8. The summed E-state index contributed by atoms with van der Waals surface area (Å²) in [4.78, 5) is 27.3. The molecule has 1 aliphatic carbocycles. The first kappa shape index (κ1) is 15.3. The zero-order chi connectivity index (χ0) is 15.5. The van der Waals surface area contributed by atoms with Crippen LogP contribution in [0.2, 0.25) is 0 Å². The Morgan fingerprint density at radius 1 is 1.05 bits per heavy atom. The lowest BCUT2D eigenvalue weighted by Crippen LogP contribution is -2.70. The second-order valence-electron chi connectivity index (χ2n) is 7.66. The second kappa shape index (κ2) is 4.22. The lowest BCUT2D eigenvalue weighted by atomic mass is 9.90. The molecule has 1 saturated carbocycles. The van der Waals surface area contributed by atoms with Crippen LogP contribution in [0.1, 0.15) is 61.3 Å². The molecule has 4 nitrogen and oxygen atoms in total. The second-order valence-corrected chi connectivity index (χ2v) is 7.66. The van der Waals surface area contributed by atoms with E-state index < -0.39 is 5.54 Å². The fourth-order valence-electron chi connectivity index (χ4n) is 3.74. The van der Waals surface area contributed by atoms with Gasteiger partial charge in [0.15, 0.2) is 0 Å². The van der Waals surface area contributed by atoms with Gasteiger partial charge in [-0.15, -0.1) is 0 Å². The van der Waals surface area contributed by atoms with E-state index in [2.05, 4.69) is 33.0 Å². The van der Waals surface area contributed by atoms with Crippen molar-refractivity contribution in [2.75, 3.05) is 0 Å². The highest BCUT2D eigenvalue weighted by atomic mass is 16.2. The van der Waals surface area contributed by atoms with Gasteiger partial charge in [0, 0.05) is 6.04 Å². The number of nitrogens with zero attached hydrogens (tertiary/aromatic N) is 1. The van der Waals surface area contributed by atoms with Gasteiger partial charge in [-0.1, -0.05) is 41.5 Å². The SMILES string of the molecule is CCC1C(=O)NC(C)(CC)C(=O)N1C1C(C)(C)C1(C)C. The van der Waals surface area contributed by atoms with E-state index >= 15 is 0 Å². The van der Waals surface area contributed by atoms with Crippen molar-refractivity contribution < 1.29 is 9.59 Å². The summed E-state index contributed by atoms with van der Waals surface area (Å²) in [6.07, 6.45) is 1.29. The smallest absolute Gasteiger partial charge is 0.248 e. The van der Waals surface area contributed by atoms with Crippen molar-refractivity contribution in [2.24, 2.45) is 10.8 Å². The summed E-state index contributed by atoms with van der Waals surface area (Å²) < 4.78 is 0. The summed E-state index contributed by atoms with van der Waals surface area (Å²) in [5.41, 5.74) is -0.637. The molecular formula is C16H28N2O2. The molecule has 2 atom stereocenters. The van der Waals surface area contributed by atoms with E-state index in [0.717, 1.165) is 0 Å². The third kappa shape index (κ3) is 1.73. The molecule has 4 heteroatoms. The Morgan fingerprint density at radius 2 is 1.55 bits per heavy atom. The van der Waals surface area contributed by atoms with Crippen molar-refractivity contribution >= 4 is 11.8 Å². The van der Waals surface area contributed by atoms with Gasteiger partial charge in [-0.2, -0.15) is 0 Å². The molecule has 0 aromatic carbocycles. The summed E-state index contributed by atoms with van der Waals surface area (Å²) >= 11 is 0. The number of carbonyl (C=O) groups is 2. The largest absolute Gasteiger partial charge is 0.340 e. The quantitative estimate of drug-likeness (QED) is 0.862. The van der Waals surface area contributed by atoms with Crippen LogP contribution in [0.15, 0.2) is 0 Å². The Hall–Kier alpha value is -1.06. The zero-order valence-corrected chi connectivity index (χ0v) is 13.8. The van der Waals surface area contributed by atoms with Gasteiger partial charge < -0.3 is 10.2 Å². The third-order valence-corrected chi connectivity index (χ3v) is 6.06. The number of carbonyl (C=O) groups excluding carboxylic acids is 2. The highest BCUT2D eigenvalue weighted by Crippen LogP contribution is 2.66. The Balaban J connectivity index is 2.42. The third-order valence-electron chi connectivity index (χ3n) is 6.06. The maximum Gasteiger partial charge on any atom is 0.248 e. The fourth-order valence-corrected chi connectivity index (χ4v) is 3.74. The number of hydrogen-bond acceptors (Lipinski definition) is 2. The Labute approximate surface area is 122 Å². The monoisotopic (exact) mass is 280 g/mol. The number of rotatable bonds is 3. The van der Waals surface area contributed by atoms with E-state index in [1.54, 1.807) is 0 Å². The normalized spacial score (nSPS) is 36.0. The Morgan fingerprint density at radius 3 is 1.90 bits per heavy atom. The van der Waals surface area contributed by atoms with Crippen molar-refractivity contribution in [3.63, 3.8) is 0 Å². The summed E-state index contributed by atoms with van der Waals surface area (Å²) in [6, 6.07) is -0.183. The number of hydrogen-bond donors (Lipinski definition) is 1. The van der Waals surface area contributed by atoms with Crippen LogP contribution in [-0.2, 0) is 9.59 Å². The van der Waals surface area contributed by atoms with Gasteiger partial charge in [0.2, 0.25) is 11.8 Å². The van der Waals surface area contributed by atoms with Gasteiger partial charge in [-0.3, -0.25) is 9.59 Å². The topological polar surface area (TPSA) is 49.4 Å². The van der Waals surface area contributed by atoms with Crippen LogP contribution in [-0.4, -0.2) is 34.3 Å². The van der Waals surface area contributed by atoms with Crippen LogP contribution < -0.4 is 5.32 Å². The van der Waals surface area contributed by atoms with Gasteiger partial charge >= 0.3 is 0 Å². The summed E-state index contributed by atoms with van der Waals surface area (Å²) in [6.45, 7) is 14.5. The van der Waals surface area contributed by atoms with Gasteiger partial charge in [0.25, 0.3) is 0 Å². The fraction of sp³-hybridized carbons (Fsp3) is 0.875. The van der Waals surface area contributed by atoms with Gasteiger partial charge in [0.05, 0.1) is 0 Å². The molecule has 1 saturated heterocycles. The molecule has 0 spiro atoms. The minimum Gasteiger partial charge on any atom is -0.340 e. The highest BCUT2D eigenvalue weighted by molar-refractivity contribution is 6.00. The lowest BCUT2D eigenvalue weighted by molar-refractivity contribution is -0.156. The molecule has 20 heavy (non-hydrogen) atoms. The van der Waals surface area contributed by atoms with Crippen LogP contribution in [0.25, 0.3) is 0 Å². The predicted molar refractivity (Wildman–Crippen MR) is 79.1 cm³/mol. The number of nitrogens with one attached hydrogen (secondary N) is 1. The van der Waals surface area contributed by atoms with Crippen molar-refractivity contribution in [1.29, 1.82) is 0 Å². The molecule has 114 valence electrons. The van der Waals surface area contributed by atoms with Crippen molar-refractivity contribution in [2.45, 2.75) is 78.9 Å². The van der Waals surface area contributed by atoms with E-state index in [0.29, 0.717) is 12.8 Å². The van der Waals surface area contributed by atoms with Crippen LogP contribution in [0, 0.1) is 10.8 Å². The standard InChI is InChI=1S/C16H28N2O2/c1-8-10-11(19)17-16(7,9-2)13(20)18(10)12-14(3,4)15(12,5)6/h10,12H,8-9H2,1-7H3,(H,17,19). The molecule has 0 aromatic heterocycles. The van der Waals surface area contributed by atoms with Gasteiger partial charge in [-0.05, 0) is 30.6 Å². The molecule has 2 amide bonds. The first-order valence-corrected chi connectivity index (χ1v) is 7.69. The van der Waals surface area contributed by atoms with E-state index in [4.69, 9.17) is 0 Å². The van der Waals surface area contributed by atoms with Crippen LogP contribution in [0.5, 0.6) is 0 Å². The Kier molecular flexibility index (Phi) is 3.23. The first-order chi connectivity index (χ1) is 9.04. The van der Waals surface area contributed by atoms with Crippen molar-refractivity contribution in [1.82, 2.24) is 10.2 Å². The highest BCUT2D eigenvalue weighted by Gasteiger charge is 2.70. The summed E-state index contributed by atoms with van der Waals surface area (Å²) in [5, 5.41) is 2.93. The molecule has 1 aliphatic heterocycles. The minimum absolute atomic E-state index is 0.00468. The molecule has 2 fully saturated rings. The minimum atomic E-state index is -0.752. The average molecular weight is 280 g/mol. The van der Waals surface area contributed by atoms with E-state index in [1.807, 2.05) is 25.7 Å². The first-order valence-electron chi connectivity index (χ1n) is 7.69. The molecule has 2 rings (SSSR count). The maximum absolute atomic E-state index is 13.0. The van der Waals surface area contributed by atoms with Gasteiger partial charge in [-0.25, -0.2) is 0 Å². The van der Waals surface area contributed by atoms with Crippen molar-refractivity contribution in [3.05, 3.63) is 0 Å². The van der Waals surface area contributed by atoms with E-state index in [9.17, 15) is 9.59 Å². The van der Waals surface area contributed by atoms with Gasteiger partial charge in [0.1, 0.15) is 11.6 Å². The van der Waals surface area contributed by atoms with Crippen LogP contribution in [0.4, 0.5) is 0 Å². The lowest BCUT2D eigenvalue weighted by Gasteiger charge is -2.45. The predicted octanol–water partition coefficient (Wildman–Crippen LogP) is 2.33. The summed E-state index contributed by atoms with van der Waals surface area (Å²) in [5.74, 6) is 0.0741. The molecular weight excluding hydrogens is 252 g/mol. The Bertz CT molecular complexity index is 441. The molecule has 0 radical (unpaired) electrons. The molecule has 1 N–H and O–H groups in total. The molecule has 1 heterocycles. The summed E-state index contributed by atoms with van der Waals surface area (Å²) in [7, 11) is 0. The van der Waals surface area contributed by atoms with E-state index in [1.165, 1.54) is 0 Å². The average Bonchev–Trinajstić information content (AvgIpc) is 2.75. The number of amides is 2. The van der Waals surface area contributed by atoms with Crippen molar-refractivity contribution in [3.8, 4) is 0 Å². The number of piperazine rings is 1. The van der Waals surface area contributed by atoms with E-state index in [-0.39, 0.29) is 34.7 Å². The molecule has 0 bridgehead atoms. The molecule has 2 unspecified atom stereocenters. The van der Waals surface area contributed by atoms with Crippen LogP contribution in [0.3, 0.4) is 0 Å².